The zero-order chi connectivity index (χ0) is 20.7. The van der Waals surface area contributed by atoms with Crippen molar-refractivity contribution in [3.63, 3.8) is 0 Å². The van der Waals surface area contributed by atoms with Crippen LogP contribution in [0.1, 0.15) is 31.2 Å². The number of sulfonamides is 1. The second-order valence-corrected chi connectivity index (χ2v) is 10.5. The van der Waals surface area contributed by atoms with E-state index in [2.05, 4.69) is 5.32 Å². The fourth-order valence-electron chi connectivity index (χ4n) is 3.52. The Kier molecular flexibility index (Phi) is 7.61. The zero-order valence-corrected chi connectivity index (χ0v) is 18.3. The third-order valence-electron chi connectivity index (χ3n) is 5.08. The highest BCUT2D eigenvalue weighted by atomic mass is 32.2. The first-order chi connectivity index (χ1) is 14.0. The summed E-state index contributed by atoms with van der Waals surface area (Å²) in [5, 5.41) is 3.59. The van der Waals surface area contributed by atoms with Crippen LogP contribution in [0.25, 0.3) is 0 Å². The number of hydrogen-bond donors (Lipinski definition) is 1. The normalized spacial score (nSPS) is 14.7. The van der Waals surface area contributed by atoms with Gasteiger partial charge in [0.25, 0.3) is 10.0 Å². The van der Waals surface area contributed by atoms with Crippen LogP contribution in [0, 0.1) is 6.92 Å². The standard InChI is InChI=1S/C22H28N2O3S2/c1-18-9-5-8-14-21(18)24(29(26,27)20-12-3-2-4-13-20)17-22(25)23-15-16-28-19-10-6-7-11-19/h2-5,8-9,12-14,19H,6-7,10-11,15-17H2,1H3,(H,23,25). The largest absolute Gasteiger partial charge is 0.354 e. The number of nitrogens with zero attached hydrogens (tertiary/aromatic N) is 1. The van der Waals surface area contributed by atoms with Crippen molar-refractivity contribution in [2.24, 2.45) is 0 Å². The molecule has 0 aliphatic heterocycles. The van der Waals surface area contributed by atoms with E-state index in [1.54, 1.807) is 42.5 Å². The number of amides is 1. The van der Waals surface area contributed by atoms with Crippen molar-refractivity contribution in [2.75, 3.05) is 23.1 Å². The lowest BCUT2D eigenvalue weighted by atomic mass is 10.2. The van der Waals surface area contributed by atoms with Crippen LogP contribution in [0.15, 0.2) is 59.5 Å². The van der Waals surface area contributed by atoms with Gasteiger partial charge in [-0.25, -0.2) is 8.42 Å². The van der Waals surface area contributed by atoms with E-state index in [1.807, 2.05) is 30.8 Å². The van der Waals surface area contributed by atoms with Gasteiger partial charge in [0.1, 0.15) is 6.54 Å². The molecule has 0 heterocycles. The maximum absolute atomic E-state index is 13.3. The number of anilines is 1. The van der Waals surface area contributed by atoms with Crippen molar-refractivity contribution in [2.45, 2.75) is 42.8 Å². The van der Waals surface area contributed by atoms with Crippen molar-refractivity contribution >= 4 is 33.4 Å². The Labute approximate surface area is 177 Å². The molecule has 1 aliphatic carbocycles. The second-order valence-electron chi connectivity index (χ2n) is 7.24. The molecule has 0 spiro atoms. The van der Waals surface area contributed by atoms with Gasteiger partial charge >= 0.3 is 0 Å². The summed E-state index contributed by atoms with van der Waals surface area (Å²) in [6.07, 6.45) is 5.11. The van der Waals surface area contributed by atoms with Crippen LogP contribution in [-0.4, -0.2) is 38.4 Å². The van der Waals surface area contributed by atoms with Crippen molar-refractivity contribution in [1.29, 1.82) is 0 Å². The zero-order valence-electron chi connectivity index (χ0n) is 16.7. The van der Waals surface area contributed by atoms with Crippen LogP contribution < -0.4 is 9.62 Å². The molecule has 0 atom stereocenters. The van der Waals surface area contributed by atoms with Gasteiger partial charge in [0, 0.05) is 17.5 Å². The molecule has 3 rings (SSSR count). The number of carbonyl (C=O) groups is 1. The van der Waals surface area contributed by atoms with Gasteiger partial charge in [-0.05, 0) is 43.5 Å². The van der Waals surface area contributed by atoms with Crippen molar-refractivity contribution in [1.82, 2.24) is 5.32 Å². The summed E-state index contributed by atoms with van der Waals surface area (Å²) < 4.78 is 27.7. The van der Waals surface area contributed by atoms with Gasteiger partial charge in [-0.15, -0.1) is 0 Å². The highest BCUT2D eigenvalue weighted by Crippen LogP contribution is 2.29. The summed E-state index contributed by atoms with van der Waals surface area (Å²) in [5.74, 6) is 0.562. The first-order valence-electron chi connectivity index (χ1n) is 10.0. The number of thioether (sulfide) groups is 1. The molecule has 0 aromatic heterocycles. The average Bonchev–Trinajstić information content (AvgIpc) is 3.24. The Morgan fingerprint density at radius 3 is 2.41 bits per heavy atom. The molecule has 1 amide bonds. The molecular formula is C22H28N2O3S2. The number of rotatable bonds is 9. The van der Waals surface area contributed by atoms with Crippen LogP contribution in [0.5, 0.6) is 0 Å². The first-order valence-corrected chi connectivity index (χ1v) is 12.5. The molecule has 2 aromatic carbocycles. The van der Waals surface area contributed by atoms with Crippen LogP contribution in [0.4, 0.5) is 5.69 Å². The number of carbonyl (C=O) groups excluding carboxylic acids is 1. The molecule has 2 aromatic rings. The van der Waals surface area contributed by atoms with E-state index >= 15 is 0 Å². The number of benzene rings is 2. The Morgan fingerprint density at radius 1 is 1.07 bits per heavy atom. The van der Waals surface area contributed by atoms with Crippen molar-refractivity contribution in [3.05, 3.63) is 60.2 Å². The fraction of sp³-hybridized carbons (Fsp3) is 0.409. The van der Waals surface area contributed by atoms with Gasteiger partial charge < -0.3 is 5.32 Å². The SMILES string of the molecule is Cc1ccccc1N(CC(=O)NCCSC1CCCC1)S(=O)(=O)c1ccccc1. The topological polar surface area (TPSA) is 66.5 Å². The monoisotopic (exact) mass is 432 g/mol. The first kappa shape index (κ1) is 21.7. The summed E-state index contributed by atoms with van der Waals surface area (Å²) in [6, 6.07) is 15.5. The highest BCUT2D eigenvalue weighted by Gasteiger charge is 2.28. The molecule has 0 bridgehead atoms. The van der Waals surface area contributed by atoms with E-state index in [-0.39, 0.29) is 17.3 Å². The quantitative estimate of drug-likeness (QED) is 0.609. The summed E-state index contributed by atoms with van der Waals surface area (Å²) in [7, 11) is -3.85. The lowest BCUT2D eigenvalue weighted by Crippen LogP contribution is -2.41. The third kappa shape index (κ3) is 5.76. The van der Waals surface area contributed by atoms with E-state index in [4.69, 9.17) is 0 Å². The van der Waals surface area contributed by atoms with Gasteiger partial charge in [-0.3, -0.25) is 9.10 Å². The van der Waals surface area contributed by atoms with E-state index < -0.39 is 10.0 Å². The molecule has 1 saturated carbocycles. The molecular weight excluding hydrogens is 404 g/mol. The minimum Gasteiger partial charge on any atom is -0.354 e. The molecule has 5 nitrogen and oxygen atoms in total. The number of aryl methyl sites for hydroxylation is 1. The summed E-state index contributed by atoms with van der Waals surface area (Å²) in [6.45, 7) is 2.15. The van der Waals surface area contributed by atoms with E-state index in [0.717, 1.165) is 11.3 Å². The molecule has 0 saturated heterocycles. The predicted molar refractivity (Wildman–Crippen MR) is 120 cm³/mol. The van der Waals surface area contributed by atoms with Crippen molar-refractivity contribution < 1.29 is 13.2 Å². The van der Waals surface area contributed by atoms with Gasteiger partial charge in [0.05, 0.1) is 10.6 Å². The Bertz CT molecular complexity index is 911. The van der Waals surface area contributed by atoms with Gasteiger partial charge in [-0.2, -0.15) is 11.8 Å². The molecule has 7 heteroatoms. The molecule has 1 aliphatic rings. The maximum Gasteiger partial charge on any atom is 0.264 e. The van der Waals surface area contributed by atoms with E-state index in [9.17, 15) is 13.2 Å². The minimum absolute atomic E-state index is 0.174. The fourth-order valence-corrected chi connectivity index (χ4v) is 6.25. The molecule has 29 heavy (non-hydrogen) atoms. The van der Waals surface area contributed by atoms with Gasteiger partial charge in [0.15, 0.2) is 0 Å². The Morgan fingerprint density at radius 2 is 1.72 bits per heavy atom. The Balaban J connectivity index is 1.70. The molecule has 0 radical (unpaired) electrons. The van der Waals surface area contributed by atoms with Crippen LogP contribution in [0.3, 0.4) is 0 Å². The smallest absolute Gasteiger partial charge is 0.264 e. The summed E-state index contributed by atoms with van der Waals surface area (Å²) in [4.78, 5) is 12.8. The van der Waals surface area contributed by atoms with Crippen LogP contribution in [-0.2, 0) is 14.8 Å². The van der Waals surface area contributed by atoms with Gasteiger partial charge in [-0.1, -0.05) is 49.2 Å². The van der Waals surface area contributed by atoms with E-state index in [0.29, 0.717) is 17.5 Å². The lowest BCUT2D eigenvalue weighted by Gasteiger charge is -2.25. The molecule has 1 N–H and O–H groups in total. The highest BCUT2D eigenvalue weighted by molar-refractivity contribution is 7.99. The van der Waals surface area contributed by atoms with Crippen molar-refractivity contribution in [3.8, 4) is 0 Å². The number of para-hydroxylation sites is 1. The minimum atomic E-state index is -3.85. The van der Waals surface area contributed by atoms with Gasteiger partial charge in [0.2, 0.25) is 5.91 Å². The molecule has 1 fully saturated rings. The average molecular weight is 433 g/mol. The molecule has 156 valence electrons. The summed E-state index contributed by atoms with van der Waals surface area (Å²) >= 11 is 1.90. The number of nitrogens with one attached hydrogen (secondary N) is 1. The Hall–Kier alpha value is -1.99. The van der Waals surface area contributed by atoms with Crippen LogP contribution >= 0.6 is 11.8 Å². The second kappa shape index (κ2) is 10.2. The summed E-state index contributed by atoms with van der Waals surface area (Å²) in [5.41, 5.74) is 1.32. The third-order valence-corrected chi connectivity index (χ3v) is 8.24. The predicted octanol–water partition coefficient (Wildman–Crippen LogP) is 3.98. The number of hydrogen-bond acceptors (Lipinski definition) is 4. The molecule has 0 unspecified atom stereocenters. The lowest BCUT2D eigenvalue weighted by molar-refractivity contribution is -0.119. The van der Waals surface area contributed by atoms with E-state index in [1.165, 1.54) is 30.0 Å². The maximum atomic E-state index is 13.3. The van der Waals surface area contributed by atoms with Crippen LogP contribution in [0.2, 0.25) is 0 Å².